The van der Waals surface area contributed by atoms with Crippen molar-refractivity contribution >= 4 is 23.0 Å². The molecule has 8 nitrogen and oxygen atoms in total. The number of amides is 1. The van der Waals surface area contributed by atoms with Crippen molar-refractivity contribution < 1.29 is 24.2 Å². The molecule has 0 radical (unpaired) electrons. The van der Waals surface area contributed by atoms with Crippen LogP contribution in [0.4, 0.5) is 0 Å². The molecule has 0 fully saturated rings. The third kappa shape index (κ3) is 4.72. The number of ketones is 1. The first-order chi connectivity index (χ1) is 15.5. The minimum atomic E-state index is -0.772. The maximum absolute atomic E-state index is 13.3. The number of carbonyl (C=O) groups excluding carboxylic acids is 2. The van der Waals surface area contributed by atoms with Crippen LogP contribution >= 0.6 is 11.3 Å². The summed E-state index contributed by atoms with van der Waals surface area (Å²) in [5.41, 5.74) is 0.664. The van der Waals surface area contributed by atoms with Crippen LogP contribution in [-0.2, 0) is 4.79 Å². The van der Waals surface area contributed by atoms with Gasteiger partial charge in [-0.25, -0.2) is 0 Å². The largest absolute Gasteiger partial charge is 0.503 e. The highest BCUT2D eigenvalue weighted by Gasteiger charge is 2.44. The molecule has 0 aliphatic carbocycles. The number of aliphatic hydroxyl groups excluding tert-OH is 1. The zero-order chi connectivity index (χ0) is 23.1. The molecule has 170 valence electrons. The maximum atomic E-state index is 13.3. The Morgan fingerprint density at radius 2 is 2.06 bits per heavy atom. The molecule has 0 saturated heterocycles. The van der Waals surface area contributed by atoms with E-state index in [1.54, 1.807) is 62.3 Å². The number of Topliss-reactive ketones (excluding diaryl/α,β-unsaturated/α-hetero) is 1. The molecule has 2 heterocycles. The molecule has 9 heteroatoms. The third-order valence-electron chi connectivity index (χ3n) is 5.12. The Bertz CT molecular complexity index is 1020. The number of carbonyl (C=O) groups is 2. The number of aliphatic hydroxyl groups is 1. The van der Waals surface area contributed by atoms with E-state index in [4.69, 9.17) is 9.47 Å². The van der Waals surface area contributed by atoms with Crippen LogP contribution in [-0.4, -0.2) is 56.1 Å². The maximum Gasteiger partial charge on any atom is 0.290 e. The molecule has 32 heavy (non-hydrogen) atoms. The van der Waals surface area contributed by atoms with Crippen molar-refractivity contribution in [2.45, 2.75) is 12.5 Å². The summed E-state index contributed by atoms with van der Waals surface area (Å²) in [6.45, 7) is 0.952. The molecule has 1 aliphatic heterocycles. The van der Waals surface area contributed by atoms with Crippen molar-refractivity contribution in [3.63, 3.8) is 0 Å². The Morgan fingerprint density at radius 3 is 2.72 bits per heavy atom. The molecule has 1 atom stereocenters. The Morgan fingerprint density at radius 1 is 1.25 bits per heavy atom. The average Bonchev–Trinajstić information content (AvgIpc) is 3.43. The van der Waals surface area contributed by atoms with Gasteiger partial charge in [-0.2, -0.15) is 0 Å². The molecule has 0 spiro atoms. The van der Waals surface area contributed by atoms with Crippen molar-refractivity contribution in [3.05, 3.63) is 69.9 Å². The number of hydrogen-bond donors (Lipinski definition) is 3. The summed E-state index contributed by atoms with van der Waals surface area (Å²) < 4.78 is 10.8. The second-order valence-electron chi connectivity index (χ2n) is 7.01. The van der Waals surface area contributed by atoms with Gasteiger partial charge in [-0.1, -0.05) is 6.07 Å². The number of rotatable bonds is 11. The van der Waals surface area contributed by atoms with E-state index in [1.165, 1.54) is 23.3 Å². The zero-order valence-electron chi connectivity index (χ0n) is 18.3. The number of ether oxygens (including phenoxy) is 2. The molecular weight excluding hydrogens is 430 g/mol. The van der Waals surface area contributed by atoms with Crippen LogP contribution in [0.3, 0.4) is 0 Å². The third-order valence-corrected chi connectivity index (χ3v) is 5.99. The van der Waals surface area contributed by atoms with E-state index in [9.17, 15) is 14.7 Å². The molecule has 1 amide bonds. The fourth-order valence-electron chi connectivity index (χ4n) is 3.60. The highest BCUT2D eigenvalue weighted by Crippen LogP contribution is 2.43. The molecule has 1 aromatic heterocycles. The van der Waals surface area contributed by atoms with Gasteiger partial charge in [0.15, 0.2) is 5.76 Å². The topological polar surface area (TPSA) is 100 Å². The smallest absolute Gasteiger partial charge is 0.290 e. The van der Waals surface area contributed by atoms with E-state index in [1.807, 2.05) is 0 Å². The van der Waals surface area contributed by atoms with Gasteiger partial charge in [-0.15, -0.1) is 11.3 Å². The summed E-state index contributed by atoms with van der Waals surface area (Å²) in [7, 11) is 4.86. The van der Waals surface area contributed by atoms with Gasteiger partial charge in [0.2, 0.25) is 5.78 Å². The summed E-state index contributed by atoms with van der Waals surface area (Å²) in [5.74, 6) is -0.408. The van der Waals surface area contributed by atoms with Crippen LogP contribution in [0.2, 0.25) is 0 Å². The number of thiophene rings is 1. The van der Waals surface area contributed by atoms with Gasteiger partial charge in [-0.05, 0) is 30.0 Å². The highest BCUT2D eigenvalue weighted by molar-refractivity contribution is 7.12. The first kappa shape index (κ1) is 23.2. The van der Waals surface area contributed by atoms with Crippen LogP contribution < -0.4 is 20.1 Å². The summed E-state index contributed by atoms with van der Waals surface area (Å²) in [5, 5.41) is 18.5. The zero-order valence-corrected chi connectivity index (χ0v) is 19.1. The predicted molar refractivity (Wildman–Crippen MR) is 123 cm³/mol. The molecule has 1 aromatic carbocycles. The molecular formula is C23H27N3O5S. The first-order valence-electron chi connectivity index (χ1n) is 10.1. The molecule has 1 aliphatic rings. The van der Waals surface area contributed by atoms with Crippen LogP contribution in [0.5, 0.6) is 11.5 Å². The van der Waals surface area contributed by atoms with Crippen molar-refractivity contribution in [3.8, 4) is 11.5 Å². The summed E-state index contributed by atoms with van der Waals surface area (Å²) in [4.78, 5) is 28.3. The van der Waals surface area contributed by atoms with E-state index >= 15 is 0 Å². The molecule has 1 unspecified atom stereocenters. The second-order valence-corrected chi connectivity index (χ2v) is 7.96. The standard InChI is InChI=1S/C23H27N3O5S/c1-24-10-11-25-9-5-12-26-20(16-8-7-15(30-2)14-17(16)31-3)19(22(28)23(26)29)21(27)18-6-4-13-32-18/h4,6-8,10-11,13-14,20,24-25,28H,5,9,12H2,1-3H3/b11-10-. The SMILES string of the molecule is CN/C=C\NCCCN1C(=O)C(O)=C(C(=O)c2cccs2)C1c1ccc(OC)cc1OC. The highest BCUT2D eigenvalue weighted by atomic mass is 32.1. The van der Waals surface area contributed by atoms with Gasteiger partial charge in [0.25, 0.3) is 5.91 Å². The normalized spacial score (nSPS) is 16.0. The van der Waals surface area contributed by atoms with Gasteiger partial charge in [0, 0.05) is 44.2 Å². The number of nitrogens with one attached hydrogen (secondary N) is 2. The average molecular weight is 458 g/mol. The number of hydrogen-bond acceptors (Lipinski definition) is 8. The van der Waals surface area contributed by atoms with Crippen LogP contribution in [0.15, 0.2) is 59.4 Å². The number of methoxy groups -OCH3 is 2. The number of benzene rings is 1. The van der Waals surface area contributed by atoms with Crippen molar-refractivity contribution in [2.24, 2.45) is 0 Å². The quantitative estimate of drug-likeness (QED) is 0.352. The lowest BCUT2D eigenvalue weighted by Gasteiger charge is -2.28. The van der Waals surface area contributed by atoms with E-state index in [0.29, 0.717) is 41.4 Å². The fraction of sp³-hybridized carbons (Fsp3) is 0.304. The molecule has 3 rings (SSSR count). The van der Waals surface area contributed by atoms with Crippen molar-refractivity contribution in [1.29, 1.82) is 0 Å². The minimum absolute atomic E-state index is 0.0592. The van der Waals surface area contributed by atoms with Gasteiger partial charge in [0.1, 0.15) is 11.5 Å². The van der Waals surface area contributed by atoms with Crippen LogP contribution in [0, 0.1) is 0 Å². The minimum Gasteiger partial charge on any atom is -0.503 e. The lowest BCUT2D eigenvalue weighted by atomic mass is 9.94. The van der Waals surface area contributed by atoms with Gasteiger partial charge in [-0.3, -0.25) is 9.59 Å². The van der Waals surface area contributed by atoms with Gasteiger partial charge in [0.05, 0.1) is 30.7 Å². The second kappa shape index (κ2) is 10.7. The Kier molecular flexibility index (Phi) is 7.77. The van der Waals surface area contributed by atoms with E-state index in [-0.39, 0.29) is 11.4 Å². The number of nitrogens with zero attached hydrogens (tertiary/aromatic N) is 1. The molecule has 0 saturated carbocycles. The molecule has 3 N–H and O–H groups in total. The Hall–Kier alpha value is -3.46. The predicted octanol–water partition coefficient (Wildman–Crippen LogP) is 3.01. The van der Waals surface area contributed by atoms with Gasteiger partial charge >= 0.3 is 0 Å². The summed E-state index contributed by atoms with van der Waals surface area (Å²) in [6, 6.07) is 7.87. The van der Waals surface area contributed by atoms with Crippen molar-refractivity contribution in [1.82, 2.24) is 15.5 Å². The van der Waals surface area contributed by atoms with E-state index in [0.717, 1.165) is 0 Å². The Balaban J connectivity index is 1.97. The monoisotopic (exact) mass is 457 g/mol. The molecule has 2 aromatic rings. The van der Waals surface area contributed by atoms with E-state index in [2.05, 4.69) is 10.6 Å². The summed E-state index contributed by atoms with van der Waals surface area (Å²) in [6.07, 6.45) is 4.15. The van der Waals surface area contributed by atoms with Crippen LogP contribution in [0.1, 0.15) is 27.7 Å². The molecule has 0 bridgehead atoms. The van der Waals surface area contributed by atoms with E-state index < -0.39 is 17.7 Å². The lowest BCUT2D eigenvalue weighted by molar-refractivity contribution is -0.129. The summed E-state index contributed by atoms with van der Waals surface area (Å²) >= 11 is 1.27. The first-order valence-corrected chi connectivity index (χ1v) is 11.0. The lowest BCUT2D eigenvalue weighted by Crippen LogP contribution is -2.33. The fourth-order valence-corrected chi connectivity index (χ4v) is 4.28. The Labute approximate surface area is 191 Å². The van der Waals surface area contributed by atoms with Gasteiger partial charge < -0.3 is 30.1 Å². The van der Waals surface area contributed by atoms with Crippen molar-refractivity contribution in [2.75, 3.05) is 34.4 Å². The van der Waals surface area contributed by atoms with Crippen LogP contribution in [0.25, 0.3) is 0 Å².